The Bertz CT molecular complexity index is 72.6. The van der Waals surface area contributed by atoms with Crippen LogP contribution in [0.5, 0.6) is 0 Å². The smallest absolute Gasteiger partial charge is 2.00 e. The molecule has 0 unspecified atom stereocenters. The summed E-state index contributed by atoms with van der Waals surface area (Å²) in [5.74, 6) is 0.333. The van der Waals surface area contributed by atoms with E-state index in [0.717, 1.165) is 0 Å². The molecule has 0 radical (unpaired) electrons. The first-order chi connectivity index (χ1) is 3.46. The molecule has 0 saturated heterocycles. The Morgan fingerprint density at radius 3 is 0.727 bits per heavy atom. The zero-order valence-corrected chi connectivity index (χ0v) is 8.69. The molecule has 0 aliphatic rings. The van der Waals surface area contributed by atoms with Gasteiger partial charge < -0.3 is 20.5 Å². The third kappa shape index (κ3) is 959000. The third-order valence-electron chi connectivity index (χ3n) is 0. The van der Waals surface area contributed by atoms with Gasteiger partial charge in [0, 0.05) is 0 Å². The summed E-state index contributed by atoms with van der Waals surface area (Å²) in [6, 6.07) is 0. The van der Waals surface area contributed by atoms with Gasteiger partial charge in [-0.25, -0.2) is 0 Å². The second kappa shape index (κ2) is 22.5. The molecule has 0 aromatic rings. The van der Waals surface area contributed by atoms with Crippen LogP contribution in [0.1, 0.15) is 27.7 Å². The van der Waals surface area contributed by atoms with Gasteiger partial charge in [-0.3, -0.25) is 0 Å². The zero-order valence-electron chi connectivity index (χ0n) is 7.13. The molecule has 64 valence electrons. The van der Waals surface area contributed by atoms with E-state index in [1.807, 2.05) is 0 Å². The molecule has 4 nitrogen and oxygen atoms in total. The molecule has 0 heterocycles. The number of hydrogen-bond donors (Lipinski definition) is 0. The van der Waals surface area contributed by atoms with Gasteiger partial charge in [0.15, 0.2) is 0 Å². The first kappa shape index (κ1) is 30.6. The van der Waals surface area contributed by atoms with Crippen molar-refractivity contribution in [3.8, 4) is 0 Å². The Labute approximate surface area is 81.9 Å². The number of rotatable bonds is 0. The van der Waals surface area contributed by atoms with Gasteiger partial charge in [-0.1, -0.05) is 0 Å². The van der Waals surface area contributed by atoms with Crippen LogP contribution in [0.3, 0.4) is 0 Å². The Morgan fingerprint density at radius 1 is 0.727 bits per heavy atom. The molecule has 0 atom stereocenters. The predicted octanol–water partition coefficient (Wildman–Crippen LogP) is 0.951. The summed E-state index contributed by atoms with van der Waals surface area (Å²) < 4.78 is 0. The summed E-state index contributed by atoms with van der Waals surface area (Å²) in [5.41, 5.74) is 0. The molecule has 0 N–H and O–H groups in total. The van der Waals surface area contributed by atoms with E-state index >= 15 is 0 Å². The first-order valence-corrected chi connectivity index (χ1v) is 2.41. The van der Waals surface area contributed by atoms with Crippen LogP contribution < -0.4 is 0 Å². The second-order valence-electron chi connectivity index (χ2n) is 1.82. The maximum atomic E-state index is 9.44. The van der Waals surface area contributed by atoms with E-state index in [2.05, 4.69) is 0 Å². The van der Waals surface area contributed by atoms with E-state index < -0.39 is 0 Å². The molecule has 0 amide bonds. The minimum atomic E-state index is 0. The van der Waals surface area contributed by atoms with E-state index in [1.165, 1.54) is 27.7 Å². The van der Waals surface area contributed by atoms with Crippen LogP contribution in [0.15, 0.2) is 0 Å². The molecular formula is C6H12O4Ti. The van der Waals surface area contributed by atoms with E-state index in [-0.39, 0.29) is 44.2 Å². The Morgan fingerprint density at radius 2 is 0.727 bits per heavy atom. The molecule has 0 spiro atoms. The molecule has 11 heavy (non-hydrogen) atoms. The number of carbonyl (C=O) groups is 2. The average molecular weight is 196 g/mol. The average Bonchev–Trinajstić information content (AvgIpc) is 1.25. The fourth-order valence-electron chi connectivity index (χ4n) is 0. The van der Waals surface area contributed by atoms with Gasteiger partial charge in [-0.2, -0.15) is 0 Å². The molecule has 0 aliphatic heterocycles. The predicted molar refractivity (Wildman–Crippen MR) is 34.1 cm³/mol. The zero-order chi connectivity index (χ0) is 7.15. The van der Waals surface area contributed by atoms with Crippen LogP contribution in [0.2, 0.25) is 0 Å². The summed E-state index contributed by atoms with van der Waals surface area (Å²) in [4.78, 5) is 18.9. The van der Waals surface area contributed by atoms with Crippen LogP contribution in [0.4, 0.5) is 0 Å². The van der Waals surface area contributed by atoms with E-state index in [4.69, 9.17) is 0 Å². The molecule has 0 aromatic heterocycles. The molecule has 0 rings (SSSR count). The van der Waals surface area contributed by atoms with E-state index in [1.54, 1.807) is 0 Å². The van der Waals surface area contributed by atoms with Crippen molar-refractivity contribution in [2.45, 2.75) is 27.7 Å². The number of Topliss-reactive ketones (excluding diaryl/α,β-unsaturated/α-hetero) is 2. The maximum Gasteiger partial charge on any atom is 4.00 e. The molecular weight excluding hydrogens is 184 g/mol. The number of hydrogen-bond acceptors (Lipinski definition) is 2. The molecule has 0 saturated carbocycles. The van der Waals surface area contributed by atoms with Crippen molar-refractivity contribution in [2.75, 3.05) is 0 Å². The van der Waals surface area contributed by atoms with Crippen LogP contribution in [0.25, 0.3) is 0 Å². The number of carbonyl (C=O) groups excluding carboxylic acids is 2. The summed E-state index contributed by atoms with van der Waals surface area (Å²) in [7, 11) is 0. The fourth-order valence-corrected chi connectivity index (χ4v) is 0. The quantitative estimate of drug-likeness (QED) is 0.539. The van der Waals surface area contributed by atoms with Gasteiger partial charge in [0.2, 0.25) is 0 Å². The molecule has 5 heteroatoms. The van der Waals surface area contributed by atoms with E-state index in [0.29, 0.717) is 0 Å². The fraction of sp³-hybridized carbons (Fsp3) is 0.667. The summed E-state index contributed by atoms with van der Waals surface area (Å²) >= 11 is 0. The minimum Gasteiger partial charge on any atom is -2.00 e. The van der Waals surface area contributed by atoms with Gasteiger partial charge in [0.1, 0.15) is 11.6 Å². The summed E-state index contributed by atoms with van der Waals surface area (Å²) in [6.07, 6.45) is 0. The van der Waals surface area contributed by atoms with Crippen molar-refractivity contribution in [2.24, 2.45) is 0 Å². The largest absolute Gasteiger partial charge is 4.00 e. The molecule has 0 aromatic carbocycles. The molecule has 0 fully saturated rings. The topological polar surface area (TPSA) is 91.1 Å². The van der Waals surface area contributed by atoms with Gasteiger partial charge >= 0.3 is 21.7 Å². The Kier molecular flexibility index (Phi) is 62.6. The van der Waals surface area contributed by atoms with Crippen LogP contribution >= 0.6 is 0 Å². The van der Waals surface area contributed by atoms with Crippen LogP contribution in [-0.2, 0) is 42.3 Å². The first-order valence-electron chi connectivity index (χ1n) is 2.41. The van der Waals surface area contributed by atoms with Crippen molar-refractivity contribution >= 4 is 11.6 Å². The van der Waals surface area contributed by atoms with Crippen molar-refractivity contribution < 1.29 is 42.3 Å². The van der Waals surface area contributed by atoms with Crippen molar-refractivity contribution in [3.05, 3.63) is 0 Å². The Balaban J connectivity index is -0.0000000171. The van der Waals surface area contributed by atoms with Gasteiger partial charge in [-0.15, -0.1) is 0 Å². The van der Waals surface area contributed by atoms with Crippen LogP contribution in [-0.4, -0.2) is 11.6 Å². The van der Waals surface area contributed by atoms with E-state index in [9.17, 15) is 9.59 Å². The minimum absolute atomic E-state index is 0. The molecule has 0 aliphatic carbocycles. The van der Waals surface area contributed by atoms with Crippen molar-refractivity contribution in [1.29, 1.82) is 0 Å². The second-order valence-corrected chi connectivity index (χ2v) is 1.82. The molecule has 0 bridgehead atoms. The SMILES string of the molecule is CC(C)=O.CC(C)=O.[O-2].[O-2].[Ti+4]. The van der Waals surface area contributed by atoms with Gasteiger partial charge in [-0.05, 0) is 27.7 Å². The number of ketones is 2. The van der Waals surface area contributed by atoms with Gasteiger partial charge in [0.25, 0.3) is 0 Å². The maximum absolute atomic E-state index is 9.44. The normalized spacial score (nSPS) is 4.73. The monoisotopic (exact) mass is 196 g/mol. The van der Waals surface area contributed by atoms with Gasteiger partial charge in [0.05, 0.1) is 0 Å². The summed E-state index contributed by atoms with van der Waals surface area (Å²) in [5, 5.41) is 0. The Hall–Kier alpha value is -0.0257. The van der Waals surface area contributed by atoms with Crippen LogP contribution in [0, 0.1) is 0 Å². The van der Waals surface area contributed by atoms with Crippen molar-refractivity contribution in [3.63, 3.8) is 0 Å². The standard InChI is InChI=1S/2C3H6O.2O.Ti/c2*1-3(2)4;;;/h2*1-2H3;;;/q;;2*-2;+4. The summed E-state index contributed by atoms with van der Waals surface area (Å²) in [6.45, 7) is 6.11. The van der Waals surface area contributed by atoms with Crippen molar-refractivity contribution in [1.82, 2.24) is 0 Å². The third-order valence-corrected chi connectivity index (χ3v) is 0.